The summed E-state index contributed by atoms with van der Waals surface area (Å²) in [5.74, 6) is 0. The Labute approximate surface area is 118 Å². The highest BCUT2D eigenvalue weighted by atomic mass is 29.6. The lowest BCUT2D eigenvalue weighted by molar-refractivity contribution is -0.384. The first-order valence-electron chi connectivity index (χ1n) is 6.66. The Kier molecular flexibility index (Phi) is 4.29. The van der Waals surface area contributed by atoms with Gasteiger partial charge in [-0.3, -0.25) is 10.1 Å². The van der Waals surface area contributed by atoms with Crippen LogP contribution in [0.1, 0.15) is 0 Å². The summed E-state index contributed by atoms with van der Waals surface area (Å²) >= 11 is 0. The largest absolute Gasteiger partial charge is 0.269 e. The Bertz CT molecular complexity index is 476. The lowest BCUT2D eigenvalue weighted by Crippen LogP contribution is -2.73. The minimum atomic E-state index is -1.52. The summed E-state index contributed by atoms with van der Waals surface area (Å²) in [7, 11) is -4.00. The van der Waals surface area contributed by atoms with Crippen LogP contribution in [0.25, 0.3) is 0 Å². The Balaban J connectivity index is 3.24. The van der Waals surface area contributed by atoms with Gasteiger partial charge in [0, 0.05) is 26.8 Å². The number of non-ortho nitro benzene ring substituents is 1. The molecule has 0 bridgehead atoms. The van der Waals surface area contributed by atoms with Crippen molar-refractivity contribution in [2.24, 2.45) is 0 Å². The Hall–Kier alpha value is -0.729. The van der Waals surface area contributed by atoms with Crippen molar-refractivity contribution >= 4 is 33.2 Å². The summed E-state index contributed by atoms with van der Waals surface area (Å²) < 4.78 is 0. The van der Waals surface area contributed by atoms with Crippen molar-refractivity contribution < 1.29 is 4.92 Å². The molecule has 0 N–H and O–H groups in total. The highest BCUT2D eigenvalue weighted by Gasteiger charge is 2.50. The van der Waals surface area contributed by atoms with E-state index >= 15 is 0 Å². The Morgan fingerprint density at radius 1 is 0.895 bits per heavy atom. The molecule has 0 aliphatic heterocycles. The summed E-state index contributed by atoms with van der Waals surface area (Å²) in [6.07, 6.45) is 0. The summed E-state index contributed by atoms with van der Waals surface area (Å²) in [6.45, 7) is 17.3. The molecule has 1 rings (SSSR count). The van der Waals surface area contributed by atoms with Crippen molar-refractivity contribution in [1.29, 1.82) is 0 Å². The molecule has 0 saturated carbocycles. The molecule has 0 radical (unpaired) electrons. The molecule has 3 nitrogen and oxygen atoms in total. The number of nitro groups is 1. The summed E-state index contributed by atoms with van der Waals surface area (Å²) in [5, 5.41) is 12.1. The first-order chi connectivity index (χ1) is 8.41. The van der Waals surface area contributed by atoms with E-state index in [0.717, 1.165) is 0 Å². The van der Waals surface area contributed by atoms with Crippen LogP contribution in [0.15, 0.2) is 24.3 Å². The number of rotatable bonds is 4. The fraction of sp³-hybridized carbons (Fsp3) is 0.538. The van der Waals surface area contributed by atoms with E-state index < -0.39 is 22.3 Å². The van der Waals surface area contributed by atoms with E-state index in [1.165, 1.54) is 5.19 Å². The lowest BCUT2D eigenvalue weighted by atomic mass is 10.3. The van der Waals surface area contributed by atoms with Crippen LogP contribution in [0.4, 0.5) is 5.69 Å². The molecular formula is C13H25NO2Si3. The third-order valence-electron chi connectivity index (χ3n) is 5.24. The van der Waals surface area contributed by atoms with Crippen LogP contribution in [-0.4, -0.2) is 27.2 Å². The SMILES string of the molecule is C[Si](C)(C)[Si](C)(C)[Si](C)(C)c1ccc([N+](=O)[O-])cc1. The van der Waals surface area contributed by atoms with Crippen molar-refractivity contribution in [3.8, 4) is 0 Å². The van der Waals surface area contributed by atoms with E-state index in [1.54, 1.807) is 12.1 Å². The maximum Gasteiger partial charge on any atom is 0.269 e. The number of nitrogens with zero attached hydrogens (tertiary/aromatic N) is 1. The summed E-state index contributed by atoms with van der Waals surface area (Å²) in [5.41, 5.74) is 0.195. The van der Waals surface area contributed by atoms with Gasteiger partial charge in [0.2, 0.25) is 0 Å². The first kappa shape index (κ1) is 16.3. The van der Waals surface area contributed by atoms with Gasteiger partial charge in [-0.15, -0.1) is 0 Å². The predicted molar refractivity (Wildman–Crippen MR) is 91.0 cm³/mol. The van der Waals surface area contributed by atoms with Gasteiger partial charge in [0.05, 0.1) is 12.5 Å². The minimum absolute atomic E-state index is 0.195. The monoisotopic (exact) mass is 311 g/mol. The van der Waals surface area contributed by atoms with E-state index in [2.05, 4.69) is 45.8 Å². The third-order valence-corrected chi connectivity index (χ3v) is 47.8. The second kappa shape index (κ2) is 4.99. The molecule has 106 valence electrons. The van der Waals surface area contributed by atoms with E-state index in [9.17, 15) is 10.1 Å². The quantitative estimate of drug-likeness (QED) is 0.483. The molecule has 0 spiro atoms. The number of hydrogen-bond acceptors (Lipinski definition) is 2. The van der Waals surface area contributed by atoms with E-state index in [1.807, 2.05) is 12.1 Å². The summed E-state index contributed by atoms with van der Waals surface area (Å²) in [4.78, 5) is 10.4. The van der Waals surface area contributed by atoms with Crippen LogP contribution >= 0.6 is 0 Å². The number of nitro benzene ring substituents is 1. The van der Waals surface area contributed by atoms with Gasteiger partial charge in [-0.05, 0) is 0 Å². The van der Waals surface area contributed by atoms with Gasteiger partial charge in [0.1, 0.15) is 0 Å². The van der Waals surface area contributed by atoms with E-state index in [0.29, 0.717) is 0 Å². The Morgan fingerprint density at radius 3 is 1.63 bits per heavy atom. The molecule has 0 fully saturated rings. The van der Waals surface area contributed by atoms with Crippen LogP contribution in [0.5, 0.6) is 0 Å². The maximum atomic E-state index is 10.8. The van der Waals surface area contributed by atoms with Gasteiger partial charge in [0.15, 0.2) is 0 Å². The molecule has 1 aromatic carbocycles. The molecule has 0 aliphatic carbocycles. The molecule has 0 amide bonds. The van der Waals surface area contributed by atoms with Gasteiger partial charge < -0.3 is 0 Å². The zero-order chi connectivity index (χ0) is 15.1. The molecule has 0 saturated heterocycles. The van der Waals surface area contributed by atoms with Crippen LogP contribution in [0.3, 0.4) is 0 Å². The van der Waals surface area contributed by atoms with Crippen LogP contribution < -0.4 is 5.19 Å². The highest BCUT2D eigenvalue weighted by molar-refractivity contribution is 7.70. The molecule has 0 heterocycles. The molecule has 0 aromatic heterocycles. The van der Waals surface area contributed by atoms with Crippen LogP contribution in [-0.2, 0) is 0 Å². The first-order valence-corrected chi connectivity index (χ1v) is 18.2. The normalized spacial score (nSPS) is 13.4. The summed E-state index contributed by atoms with van der Waals surface area (Å²) in [6, 6.07) is 7.33. The fourth-order valence-corrected chi connectivity index (χ4v) is 32.4. The molecule has 1 aromatic rings. The van der Waals surface area contributed by atoms with Gasteiger partial charge in [0.25, 0.3) is 5.69 Å². The lowest BCUT2D eigenvalue weighted by Gasteiger charge is -2.47. The topological polar surface area (TPSA) is 43.1 Å². The number of benzene rings is 1. The van der Waals surface area contributed by atoms with Crippen molar-refractivity contribution in [1.82, 2.24) is 0 Å². The standard InChI is InChI=1S/C13H25NO2Si3/c1-17(2,3)19(6,7)18(4,5)13-10-8-12(9-11-13)14(15)16/h8-11H,1-7H3. The third kappa shape index (κ3) is 2.90. The average molecular weight is 312 g/mol. The second-order valence-corrected chi connectivity index (χ2v) is 36.1. The fourth-order valence-electron chi connectivity index (χ4n) is 2.30. The maximum absolute atomic E-state index is 10.8. The zero-order valence-corrected chi connectivity index (χ0v) is 16.1. The van der Waals surface area contributed by atoms with E-state index in [-0.39, 0.29) is 10.6 Å². The van der Waals surface area contributed by atoms with Crippen molar-refractivity contribution in [2.45, 2.75) is 45.8 Å². The van der Waals surface area contributed by atoms with Crippen LogP contribution in [0, 0.1) is 10.1 Å². The molecule has 0 unspecified atom stereocenters. The van der Waals surface area contributed by atoms with Gasteiger partial charge in [-0.1, -0.05) is 63.1 Å². The second-order valence-electron chi connectivity index (χ2n) is 7.30. The smallest absolute Gasteiger partial charge is 0.258 e. The minimum Gasteiger partial charge on any atom is -0.258 e. The molecule has 6 heteroatoms. The Morgan fingerprint density at radius 2 is 1.32 bits per heavy atom. The van der Waals surface area contributed by atoms with Crippen molar-refractivity contribution in [3.63, 3.8) is 0 Å². The predicted octanol–water partition coefficient (Wildman–Crippen LogP) is 3.71. The van der Waals surface area contributed by atoms with Gasteiger partial charge >= 0.3 is 0 Å². The molecule has 0 aliphatic rings. The number of hydrogen-bond donors (Lipinski definition) is 0. The highest BCUT2D eigenvalue weighted by Crippen LogP contribution is 2.29. The zero-order valence-electron chi connectivity index (χ0n) is 13.1. The molecular weight excluding hydrogens is 286 g/mol. The van der Waals surface area contributed by atoms with Gasteiger partial charge in [-0.2, -0.15) is 0 Å². The molecule has 0 atom stereocenters. The van der Waals surface area contributed by atoms with Gasteiger partial charge in [-0.25, -0.2) is 0 Å². The average Bonchev–Trinajstić information content (AvgIpc) is 2.27. The van der Waals surface area contributed by atoms with Crippen LogP contribution in [0.2, 0.25) is 45.8 Å². The van der Waals surface area contributed by atoms with Crippen molar-refractivity contribution in [2.75, 3.05) is 0 Å². The van der Waals surface area contributed by atoms with Crippen molar-refractivity contribution in [3.05, 3.63) is 34.4 Å². The molecule has 19 heavy (non-hydrogen) atoms. The van der Waals surface area contributed by atoms with E-state index in [4.69, 9.17) is 0 Å².